The fourth-order valence-electron chi connectivity index (χ4n) is 3.23. The van der Waals surface area contributed by atoms with Gasteiger partial charge in [0.2, 0.25) is 0 Å². The normalized spacial score (nSPS) is 10.7. The molecule has 0 amide bonds. The Balaban J connectivity index is -0.000000476. The number of nitrogens with zero attached hydrogens (tertiary/aromatic N) is 2. The van der Waals surface area contributed by atoms with Gasteiger partial charge in [0.05, 0.1) is 39.6 Å². The van der Waals surface area contributed by atoms with Crippen molar-refractivity contribution < 1.29 is 50.7 Å². The molecular weight excluding hydrogens is 474 g/mol. The molecule has 0 aliphatic carbocycles. The minimum atomic E-state index is -1.15. The van der Waals surface area contributed by atoms with Crippen LogP contribution >= 0.6 is 0 Å². The van der Waals surface area contributed by atoms with E-state index in [1.807, 2.05) is 0 Å². The molecule has 0 spiro atoms. The van der Waals surface area contributed by atoms with E-state index in [0.29, 0.717) is 51.9 Å². The Kier molecular flexibility index (Phi) is 38.6. The van der Waals surface area contributed by atoms with Gasteiger partial charge >= 0.3 is 14.2 Å². The fraction of sp³-hybridized carbons (Fsp3) is 1.00. The summed E-state index contributed by atoms with van der Waals surface area (Å²) in [6, 6.07) is 0. The third-order valence-corrected chi connectivity index (χ3v) is 5.17. The average Bonchev–Trinajstić information content (AvgIpc) is 2.82. The van der Waals surface area contributed by atoms with Crippen molar-refractivity contribution in [2.24, 2.45) is 0 Å². The lowest BCUT2D eigenvalue weighted by atomic mass is 9.83. The van der Waals surface area contributed by atoms with Crippen molar-refractivity contribution in [3.8, 4) is 0 Å². The molecule has 0 bridgehead atoms. The summed E-state index contributed by atoms with van der Waals surface area (Å²) >= 11 is 0. The van der Waals surface area contributed by atoms with Crippen LogP contribution in [-0.4, -0.2) is 154 Å². The third kappa shape index (κ3) is 38.2. The number of aliphatic hydroxyl groups is 6. The molecule has 36 heavy (non-hydrogen) atoms. The minimum absolute atomic E-state index is 0.0694. The van der Waals surface area contributed by atoms with Crippen LogP contribution in [0, 0.1) is 0 Å². The first-order chi connectivity index (χ1) is 17.3. The van der Waals surface area contributed by atoms with Crippen molar-refractivity contribution in [2.45, 2.75) is 64.0 Å². The molecule has 0 saturated carbocycles. The number of hydrogen-bond acceptors (Lipinski definition) is 12. The highest BCUT2D eigenvalue weighted by Gasteiger charge is 2.06. The zero-order chi connectivity index (χ0) is 27.9. The smallest absolute Gasteiger partial charge is 0.427 e. The Hall–Kier alpha value is -0.350. The molecule has 0 aliphatic rings. The van der Waals surface area contributed by atoms with E-state index in [9.17, 15) is 0 Å². The van der Waals surface area contributed by atoms with Crippen molar-refractivity contribution in [3.63, 3.8) is 0 Å². The maximum absolute atomic E-state index is 8.61. The Morgan fingerprint density at radius 3 is 0.694 bits per heavy atom. The van der Waals surface area contributed by atoms with Gasteiger partial charge in [0.15, 0.2) is 0 Å². The summed E-state index contributed by atoms with van der Waals surface area (Å²) in [7, 11) is -2.30. The van der Waals surface area contributed by atoms with Gasteiger partial charge in [0.1, 0.15) is 0 Å². The Bertz CT molecular complexity index is 330. The quantitative estimate of drug-likeness (QED) is 0.0497. The molecule has 14 heteroatoms. The lowest BCUT2D eigenvalue weighted by Gasteiger charge is -2.17. The predicted molar refractivity (Wildman–Crippen MR) is 142 cm³/mol. The minimum Gasteiger partial charge on any atom is -0.427 e. The van der Waals surface area contributed by atoms with Crippen LogP contribution in [-0.2, 0) is 0 Å². The van der Waals surface area contributed by atoms with Crippen LogP contribution in [0.15, 0.2) is 0 Å². The van der Waals surface area contributed by atoms with E-state index < -0.39 is 14.2 Å². The largest absolute Gasteiger partial charge is 0.451 e. The van der Waals surface area contributed by atoms with Gasteiger partial charge in [-0.25, -0.2) is 0 Å². The van der Waals surface area contributed by atoms with Gasteiger partial charge in [-0.2, -0.15) is 0 Å². The summed E-state index contributed by atoms with van der Waals surface area (Å²) in [5.41, 5.74) is 0. The number of unbranched alkanes of at least 4 members (excludes halogenated alkanes) is 7. The first-order valence-corrected chi connectivity index (χ1v) is 13.1. The molecule has 218 valence electrons. The topological polar surface area (TPSA) is 209 Å². The second-order valence-corrected chi connectivity index (χ2v) is 8.39. The highest BCUT2D eigenvalue weighted by atomic mass is 16.4. The van der Waals surface area contributed by atoms with Gasteiger partial charge in [0, 0.05) is 39.3 Å². The van der Waals surface area contributed by atoms with Gasteiger partial charge in [-0.15, -0.1) is 0 Å². The molecule has 0 aromatic heterocycles. The van der Waals surface area contributed by atoms with E-state index in [-0.39, 0.29) is 39.6 Å². The molecule has 0 heterocycles. The van der Waals surface area contributed by atoms with Gasteiger partial charge in [-0.05, 0) is 12.6 Å². The zero-order valence-corrected chi connectivity index (χ0v) is 22.1. The van der Waals surface area contributed by atoms with E-state index in [0.717, 1.165) is 38.5 Å². The molecule has 0 saturated heterocycles. The molecule has 0 aromatic carbocycles. The average molecular weight is 528 g/mol. The van der Waals surface area contributed by atoms with Gasteiger partial charge < -0.3 is 50.7 Å². The molecule has 12 nitrogen and oxygen atoms in total. The maximum atomic E-state index is 8.61. The van der Waals surface area contributed by atoms with Gasteiger partial charge in [-0.3, -0.25) is 9.80 Å². The first-order valence-electron chi connectivity index (χ1n) is 13.1. The highest BCUT2D eigenvalue weighted by molar-refractivity contribution is 6.41. The first kappa shape index (κ1) is 40.2. The monoisotopic (exact) mass is 528 g/mol. The van der Waals surface area contributed by atoms with Crippen LogP contribution in [0.3, 0.4) is 0 Å². The van der Waals surface area contributed by atoms with Crippen LogP contribution in [0.25, 0.3) is 0 Å². The summed E-state index contributed by atoms with van der Waals surface area (Å²) in [4.78, 5) is 3.58. The summed E-state index contributed by atoms with van der Waals surface area (Å²) in [5.74, 6) is 0. The molecular formula is C22H54B2N2O10. The van der Waals surface area contributed by atoms with Crippen LogP contribution in [0.4, 0.5) is 0 Å². The summed E-state index contributed by atoms with van der Waals surface area (Å²) in [6.07, 6.45) is 9.52. The van der Waals surface area contributed by atoms with Crippen molar-refractivity contribution in [3.05, 3.63) is 0 Å². The van der Waals surface area contributed by atoms with Crippen molar-refractivity contribution in [2.75, 3.05) is 78.9 Å². The van der Waals surface area contributed by atoms with E-state index in [1.54, 1.807) is 9.80 Å². The lowest BCUT2D eigenvalue weighted by Crippen LogP contribution is -2.32. The van der Waals surface area contributed by atoms with E-state index >= 15 is 0 Å². The third-order valence-electron chi connectivity index (χ3n) is 5.17. The molecule has 0 rings (SSSR count). The summed E-state index contributed by atoms with van der Waals surface area (Å²) < 4.78 is 0. The highest BCUT2D eigenvalue weighted by Crippen LogP contribution is 2.11. The van der Waals surface area contributed by atoms with Crippen molar-refractivity contribution in [1.29, 1.82) is 0 Å². The van der Waals surface area contributed by atoms with Crippen LogP contribution in [0.2, 0.25) is 12.6 Å². The maximum Gasteiger partial charge on any atom is 0.451 e. The van der Waals surface area contributed by atoms with E-state index in [4.69, 9.17) is 50.7 Å². The SMILES string of the molecule is OB(O)CCCCCCCCCCB(O)O.OCCN(CCO)CCO.OCCN(CCO)CCO. The Labute approximate surface area is 218 Å². The Morgan fingerprint density at radius 2 is 0.528 bits per heavy atom. The van der Waals surface area contributed by atoms with Crippen molar-refractivity contribution in [1.82, 2.24) is 9.80 Å². The van der Waals surface area contributed by atoms with E-state index in [2.05, 4.69) is 0 Å². The Morgan fingerprint density at radius 1 is 0.333 bits per heavy atom. The standard InChI is InChI=1S/C10H24B2O4.2C6H15NO3/c13-11(14)9-7-5-3-1-2-4-6-8-10-12(15)16;2*8-4-1-7(2-5-9)3-6-10/h13-16H,1-10H2;2*8-10H,1-6H2. The molecule has 0 unspecified atom stereocenters. The molecule has 0 aliphatic heterocycles. The molecule has 0 atom stereocenters. The fourth-order valence-corrected chi connectivity index (χ4v) is 3.23. The number of aliphatic hydroxyl groups excluding tert-OH is 6. The molecule has 0 radical (unpaired) electrons. The molecule has 0 aromatic rings. The number of hydrogen-bond donors (Lipinski definition) is 10. The lowest BCUT2D eigenvalue weighted by molar-refractivity contribution is 0.136. The summed E-state index contributed by atoms with van der Waals surface area (Å²) in [5, 5.41) is 85.4. The van der Waals surface area contributed by atoms with Crippen LogP contribution in [0.1, 0.15) is 51.4 Å². The van der Waals surface area contributed by atoms with Crippen LogP contribution in [0.5, 0.6) is 0 Å². The zero-order valence-electron chi connectivity index (χ0n) is 22.1. The second-order valence-electron chi connectivity index (χ2n) is 8.39. The van der Waals surface area contributed by atoms with Gasteiger partial charge in [-0.1, -0.05) is 51.4 Å². The molecule has 0 fully saturated rings. The predicted octanol–water partition coefficient (Wildman–Crippen LogP) is -2.42. The van der Waals surface area contributed by atoms with Crippen LogP contribution < -0.4 is 0 Å². The molecule has 10 N–H and O–H groups in total. The van der Waals surface area contributed by atoms with E-state index in [1.165, 1.54) is 12.8 Å². The second kappa shape index (κ2) is 34.6. The van der Waals surface area contributed by atoms with Crippen molar-refractivity contribution >= 4 is 14.2 Å². The summed E-state index contributed by atoms with van der Waals surface area (Å²) in [6.45, 7) is 3.51. The number of rotatable bonds is 23. The van der Waals surface area contributed by atoms with Gasteiger partial charge in [0.25, 0.3) is 0 Å².